The molecule has 0 saturated carbocycles. The first-order chi connectivity index (χ1) is 4.31. The fourth-order valence-electron chi connectivity index (χ4n) is 1.79. The van der Waals surface area contributed by atoms with Gasteiger partial charge in [-0.05, 0) is 0 Å². The molecule has 2 aliphatic rings. The van der Waals surface area contributed by atoms with Crippen LogP contribution < -0.4 is 5.32 Å². The van der Waals surface area contributed by atoms with E-state index < -0.39 is 0 Å². The lowest BCUT2D eigenvalue weighted by Gasteiger charge is -2.18. The third-order valence-corrected chi connectivity index (χ3v) is 2.66. The Bertz CT molecular complexity index is 114. The zero-order chi connectivity index (χ0) is 6.32. The first-order valence-corrected chi connectivity index (χ1v) is 3.60. The Labute approximate surface area is 55.6 Å². The maximum absolute atomic E-state index is 5.37. The molecule has 0 bridgehead atoms. The molecule has 2 aliphatic heterocycles. The van der Waals surface area contributed by atoms with Gasteiger partial charge in [0.2, 0.25) is 0 Å². The van der Waals surface area contributed by atoms with Crippen molar-refractivity contribution in [2.75, 3.05) is 26.3 Å². The van der Waals surface area contributed by atoms with E-state index in [0.29, 0.717) is 5.41 Å². The van der Waals surface area contributed by atoms with Crippen molar-refractivity contribution in [3.8, 4) is 0 Å². The topological polar surface area (TPSA) is 21.3 Å². The standard InChI is InChI=1S/C7H13NO/c1-7-4-8-2-6(7)3-9-5-7/h6,8H,2-5H2,1H3/t6-,7-/m0/s1. The summed E-state index contributed by atoms with van der Waals surface area (Å²) in [5.74, 6) is 0.789. The van der Waals surface area contributed by atoms with E-state index >= 15 is 0 Å². The second kappa shape index (κ2) is 1.70. The number of ether oxygens (including phenoxy) is 1. The number of hydrogen-bond donors (Lipinski definition) is 1. The van der Waals surface area contributed by atoms with Gasteiger partial charge in [-0.2, -0.15) is 0 Å². The molecule has 0 radical (unpaired) electrons. The Hall–Kier alpha value is -0.0800. The van der Waals surface area contributed by atoms with E-state index in [2.05, 4.69) is 12.2 Å². The molecule has 2 saturated heterocycles. The minimum absolute atomic E-state index is 0.472. The third kappa shape index (κ3) is 0.700. The molecule has 0 amide bonds. The summed E-state index contributed by atoms with van der Waals surface area (Å²) < 4.78 is 5.37. The summed E-state index contributed by atoms with van der Waals surface area (Å²) >= 11 is 0. The quantitative estimate of drug-likeness (QED) is 0.503. The lowest BCUT2D eigenvalue weighted by atomic mass is 9.84. The smallest absolute Gasteiger partial charge is 0.0536 e. The molecule has 0 unspecified atom stereocenters. The summed E-state index contributed by atoms with van der Waals surface area (Å²) in [7, 11) is 0. The van der Waals surface area contributed by atoms with Crippen LogP contribution in [0.4, 0.5) is 0 Å². The molecule has 2 heterocycles. The lowest BCUT2D eigenvalue weighted by Crippen LogP contribution is -2.24. The molecule has 2 nitrogen and oxygen atoms in total. The second-order valence-corrected chi connectivity index (χ2v) is 3.50. The molecule has 2 atom stereocenters. The molecule has 0 aromatic carbocycles. The van der Waals surface area contributed by atoms with E-state index in [0.717, 1.165) is 32.2 Å². The van der Waals surface area contributed by atoms with Gasteiger partial charge in [0, 0.05) is 24.4 Å². The van der Waals surface area contributed by atoms with Gasteiger partial charge in [0.15, 0.2) is 0 Å². The van der Waals surface area contributed by atoms with Gasteiger partial charge < -0.3 is 10.1 Å². The summed E-state index contributed by atoms with van der Waals surface area (Å²) in [5, 5.41) is 3.38. The first-order valence-electron chi connectivity index (χ1n) is 3.60. The highest BCUT2D eigenvalue weighted by molar-refractivity contribution is 4.94. The fourth-order valence-corrected chi connectivity index (χ4v) is 1.79. The monoisotopic (exact) mass is 127 g/mol. The highest BCUT2D eigenvalue weighted by atomic mass is 16.5. The molecular formula is C7H13NO. The fraction of sp³-hybridized carbons (Fsp3) is 1.00. The summed E-state index contributed by atoms with van der Waals surface area (Å²) in [6, 6.07) is 0. The van der Waals surface area contributed by atoms with Crippen LogP contribution in [0, 0.1) is 11.3 Å². The molecule has 52 valence electrons. The van der Waals surface area contributed by atoms with Crippen molar-refractivity contribution >= 4 is 0 Å². The van der Waals surface area contributed by atoms with Crippen LogP contribution in [-0.2, 0) is 4.74 Å². The molecule has 2 heteroatoms. The van der Waals surface area contributed by atoms with Crippen LogP contribution in [0.5, 0.6) is 0 Å². The Kier molecular flexibility index (Phi) is 1.08. The zero-order valence-electron chi connectivity index (χ0n) is 5.81. The van der Waals surface area contributed by atoms with Gasteiger partial charge in [0.1, 0.15) is 0 Å². The average Bonchev–Trinajstić information content (AvgIpc) is 2.22. The Morgan fingerprint density at radius 3 is 3.33 bits per heavy atom. The summed E-state index contributed by atoms with van der Waals surface area (Å²) in [5.41, 5.74) is 0.472. The predicted octanol–water partition coefficient (Wildman–Crippen LogP) is 0.242. The van der Waals surface area contributed by atoms with Gasteiger partial charge >= 0.3 is 0 Å². The Morgan fingerprint density at radius 1 is 1.67 bits per heavy atom. The summed E-state index contributed by atoms with van der Waals surface area (Å²) in [6.07, 6.45) is 0. The number of fused-ring (bicyclic) bond motifs is 1. The van der Waals surface area contributed by atoms with Gasteiger partial charge in [-0.15, -0.1) is 0 Å². The van der Waals surface area contributed by atoms with E-state index in [-0.39, 0.29) is 0 Å². The van der Waals surface area contributed by atoms with Crippen LogP contribution in [0.15, 0.2) is 0 Å². The van der Waals surface area contributed by atoms with Crippen molar-refractivity contribution in [2.24, 2.45) is 11.3 Å². The van der Waals surface area contributed by atoms with Crippen LogP contribution in [-0.4, -0.2) is 26.3 Å². The van der Waals surface area contributed by atoms with Crippen molar-refractivity contribution < 1.29 is 4.74 Å². The Morgan fingerprint density at radius 2 is 2.56 bits per heavy atom. The molecule has 2 rings (SSSR count). The maximum Gasteiger partial charge on any atom is 0.0536 e. The molecule has 1 N–H and O–H groups in total. The second-order valence-electron chi connectivity index (χ2n) is 3.50. The molecule has 0 aromatic heterocycles. The van der Waals surface area contributed by atoms with Crippen LogP contribution in [0.3, 0.4) is 0 Å². The van der Waals surface area contributed by atoms with E-state index in [4.69, 9.17) is 4.74 Å². The summed E-state index contributed by atoms with van der Waals surface area (Å²) in [6.45, 7) is 6.56. The van der Waals surface area contributed by atoms with Crippen molar-refractivity contribution in [1.82, 2.24) is 5.32 Å². The predicted molar refractivity (Wildman–Crippen MR) is 35.3 cm³/mol. The first kappa shape index (κ1) is 5.69. The Balaban J connectivity index is 2.17. The van der Waals surface area contributed by atoms with Gasteiger partial charge in [-0.25, -0.2) is 0 Å². The number of rotatable bonds is 0. The minimum Gasteiger partial charge on any atom is -0.380 e. The third-order valence-electron chi connectivity index (χ3n) is 2.66. The van der Waals surface area contributed by atoms with Crippen molar-refractivity contribution in [3.63, 3.8) is 0 Å². The number of hydrogen-bond acceptors (Lipinski definition) is 2. The molecule has 0 spiro atoms. The van der Waals surface area contributed by atoms with E-state index in [1.165, 1.54) is 0 Å². The van der Waals surface area contributed by atoms with E-state index in [9.17, 15) is 0 Å². The van der Waals surface area contributed by atoms with Crippen LogP contribution >= 0.6 is 0 Å². The molecule has 9 heavy (non-hydrogen) atoms. The molecular weight excluding hydrogens is 114 g/mol. The normalized spacial score (nSPS) is 49.7. The maximum atomic E-state index is 5.37. The van der Waals surface area contributed by atoms with Crippen molar-refractivity contribution in [3.05, 3.63) is 0 Å². The molecule has 0 aliphatic carbocycles. The highest BCUT2D eigenvalue weighted by Gasteiger charge is 2.43. The lowest BCUT2D eigenvalue weighted by molar-refractivity contribution is 0.158. The van der Waals surface area contributed by atoms with Gasteiger partial charge in [-0.1, -0.05) is 6.92 Å². The SMILES string of the molecule is C[C@@]12CNC[C@H]1COC2. The van der Waals surface area contributed by atoms with Crippen LogP contribution in [0.2, 0.25) is 0 Å². The molecule has 0 aromatic rings. The minimum atomic E-state index is 0.472. The van der Waals surface area contributed by atoms with Gasteiger partial charge in [-0.3, -0.25) is 0 Å². The highest BCUT2D eigenvalue weighted by Crippen LogP contribution is 2.36. The largest absolute Gasteiger partial charge is 0.380 e. The summed E-state index contributed by atoms with van der Waals surface area (Å²) in [4.78, 5) is 0. The zero-order valence-corrected chi connectivity index (χ0v) is 5.81. The number of nitrogens with one attached hydrogen (secondary N) is 1. The van der Waals surface area contributed by atoms with Gasteiger partial charge in [0.05, 0.1) is 13.2 Å². The average molecular weight is 127 g/mol. The molecule has 2 fully saturated rings. The van der Waals surface area contributed by atoms with Crippen LogP contribution in [0.25, 0.3) is 0 Å². The van der Waals surface area contributed by atoms with E-state index in [1.54, 1.807) is 0 Å². The van der Waals surface area contributed by atoms with E-state index in [1.807, 2.05) is 0 Å². The van der Waals surface area contributed by atoms with Gasteiger partial charge in [0.25, 0.3) is 0 Å². The van der Waals surface area contributed by atoms with Crippen LogP contribution in [0.1, 0.15) is 6.92 Å². The van der Waals surface area contributed by atoms with Crippen molar-refractivity contribution in [2.45, 2.75) is 6.92 Å². The van der Waals surface area contributed by atoms with Crippen molar-refractivity contribution in [1.29, 1.82) is 0 Å².